The van der Waals surface area contributed by atoms with Crippen molar-refractivity contribution in [2.75, 3.05) is 0 Å². The second-order valence-electron chi connectivity index (χ2n) is 2.85. The third kappa shape index (κ3) is 1.21. The molecule has 0 aromatic heterocycles. The summed E-state index contributed by atoms with van der Waals surface area (Å²) in [6.07, 6.45) is 8.85. The average Bonchev–Trinajstić information content (AvgIpc) is 2.07. The van der Waals surface area contributed by atoms with Crippen molar-refractivity contribution in [3.8, 4) is 0 Å². The molecule has 2 heteroatoms. The molecule has 1 aliphatic carbocycles. The van der Waals surface area contributed by atoms with Crippen LogP contribution in [0.1, 0.15) is 13.3 Å². The van der Waals surface area contributed by atoms with Gasteiger partial charge in [0.1, 0.15) is 11.5 Å². The van der Waals surface area contributed by atoms with Crippen LogP contribution in [-0.2, 0) is 4.74 Å². The molecule has 2 rings (SSSR count). The summed E-state index contributed by atoms with van der Waals surface area (Å²) in [7, 11) is 0. The van der Waals surface area contributed by atoms with E-state index in [2.05, 4.69) is 6.08 Å². The van der Waals surface area contributed by atoms with Crippen molar-refractivity contribution >= 4 is 11.6 Å². The van der Waals surface area contributed by atoms with Gasteiger partial charge in [-0.2, -0.15) is 0 Å². The van der Waals surface area contributed by atoms with E-state index in [0.29, 0.717) is 5.03 Å². The molecule has 0 saturated heterocycles. The van der Waals surface area contributed by atoms with Crippen molar-refractivity contribution in [1.29, 1.82) is 0 Å². The highest BCUT2D eigenvalue weighted by Gasteiger charge is 2.16. The van der Waals surface area contributed by atoms with E-state index in [0.717, 1.165) is 23.5 Å². The van der Waals surface area contributed by atoms with Gasteiger partial charge in [-0.3, -0.25) is 0 Å². The van der Waals surface area contributed by atoms with E-state index in [4.69, 9.17) is 16.3 Å². The SMILES string of the molecule is CC1=CC=C2CC=CC(Cl)=C2O1. The third-order valence-corrected chi connectivity index (χ3v) is 2.19. The fourth-order valence-electron chi connectivity index (χ4n) is 1.28. The largest absolute Gasteiger partial charge is 0.460 e. The van der Waals surface area contributed by atoms with Crippen LogP contribution in [-0.4, -0.2) is 0 Å². The minimum absolute atomic E-state index is 0.694. The standard InChI is InChI=1S/C10H9ClO/c1-7-5-6-8-3-2-4-9(11)10(8)12-7/h2,4-6H,3H2,1H3. The van der Waals surface area contributed by atoms with E-state index in [9.17, 15) is 0 Å². The van der Waals surface area contributed by atoms with Gasteiger partial charge in [0, 0.05) is 5.57 Å². The van der Waals surface area contributed by atoms with Gasteiger partial charge in [-0.25, -0.2) is 0 Å². The minimum atomic E-state index is 0.694. The van der Waals surface area contributed by atoms with Crippen molar-refractivity contribution in [3.05, 3.63) is 46.4 Å². The lowest BCUT2D eigenvalue weighted by Crippen LogP contribution is -2.03. The van der Waals surface area contributed by atoms with Gasteiger partial charge >= 0.3 is 0 Å². The molecule has 0 aromatic carbocycles. The van der Waals surface area contributed by atoms with Gasteiger partial charge < -0.3 is 4.74 Å². The fourth-order valence-corrected chi connectivity index (χ4v) is 1.53. The minimum Gasteiger partial charge on any atom is -0.460 e. The van der Waals surface area contributed by atoms with E-state index < -0.39 is 0 Å². The summed E-state index contributed by atoms with van der Waals surface area (Å²) in [5.74, 6) is 1.71. The molecule has 0 N–H and O–H groups in total. The molecule has 0 aromatic rings. The van der Waals surface area contributed by atoms with Crippen LogP contribution < -0.4 is 0 Å². The summed E-state index contributed by atoms with van der Waals surface area (Å²) in [6, 6.07) is 0. The zero-order chi connectivity index (χ0) is 8.55. The molecular formula is C10H9ClO. The number of hydrogen-bond acceptors (Lipinski definition) is 1. The van der Waals surface area contributed by atoms with Gasteiger partial charge in [0.15, 0.2) is 0 Å². The maximum atomic E-state index is 5.96. The summed E-state index contributed by atoms with van der Waals surface area (Å²) in [5, 5.41) is 0.694. The van der Waals surface area contributed by atoms with E-state index in [1.54, 1.807) is 0 Å². The Hall–Kier alpha value is -0.950. The number of halogens is 1. The number of ether oxygens (including phenoxy) is 1. The second kappa shape index (κ2) is 2.83. The lowest BCUT2D eigenvalue weighted by Gasteiger charge is -2.19. The number of hydrogen-bond donors (Lipinski definition) is 0. The Morgan fingerprint density at radius 2 is 2.25 bits per heavy atom. The highest BCUT2D eigenvalue weighted by atomic mass is 35.5. The maximum absolute atomic E-state index is 5.96. The van der Waals surface area contributed by atoms with Gasteiger partial charge in [-0.05, 0) is 25.5 Å². The van der Waals surface area contributed by atoms with Crippen molar-refractivity contribution < 1.29 is 4.74 Å². The van der Waals surface area contributed by atoms with Crippen LogP contribution in [0.15, 0.2) is 46.4 Å². The van der Waals surface area contributed by atoms with Crippen LogP contribution in [0.25, 0.3) is 0 Å². The molecule has 0 fully saturated rings. The van der Waals surface area contributed by atoms with E-state index in [1.165, 1.54) is 0 Å². The summed E-state index contributed by atoms with van der Waals surface area (Å²) >= 11 is 5.96. The number of allylic oxidation sites excluding steroid dienone is 7. The molecule has 2 aliphatic rings. The Morgan fingerprint density at radius 1 is 1.42 bits per heavy atom. The first-order chi connectivity index (χ1) is 5.77. The molecular weight excluding hydrogens is 172 g/mol. The predicted octanol–water partition coefficient (Wildman–Crippen LogP) is 3.26. The molecule has 62 valence electrons. The number of fused-ring (bicyclic) bond motifs is 1. The molecule has 12 heavy (non-hydrogen) atoms. The van der Waals surface area contributed by atoms with Crippen LogP contribution in [0, 0.1) is 0 Å². The highest BCUT2D eigenvalue weighted by Crippen LogP contribution is 2.32. The molecule has 0 atom stereocenters. The zero-order valence-electron chi connectivity index (χ0n) is 6.80. The summed E-state index contributed by atoms with van der Waals surface area (Å²) in [5.41, 5.74) is 1.16. The molecule has 0 unspecified atom stereocenters. The summed E-state index contributed by atoms with van der Waals surface area (Å²) in [4.78, 5) is 0. The highest BCUT2D eigenvalue weighted by molar-refractivity contribution is 6.31. The topological polar surface area (TPSA) is 9.23 Å². The van der Waals surface area contributed by atoms with Crippen LogP contribution in [0.4, 0.5) is 0 Å². The third-order valence-electron chi connectivity index (χ3n) is 1.89. The zero-order valence-corrected chi connectivity index (χ0v) is 7.56. The lowest BCUT2D eigenvalue weighted by molar-refractivity contribution is 0.308. The molecule has 1 nitrogen and oxygen atoms in total. The first kappa shape index (κ1) is 7.69. The van der Waals surface area contributed by atoms with E-state index >= 15 is 0 Å². The van der Waals surface area contributed by atoms with Gasteiger partial charge in [-0.15, -0.1) is 0 Å². The summed E-state index contributed by atoms with van der Waals surface area (Å²) in [6.45, 7) is 1.92. The van der Waals surface area contributed by atoms with Crippen LogP contribution in [0.2, 0.25) is 0 Å². The molecule has 0 amide bonds. The van der Waals surface area contributed by atoms with E-state index in [1.807, 2.05) is 25.2 Å². The second-order valence-corrected chi connectivity index (χ2v) is 3.26. The molecule has 0 spiro atoms. The lowest BCUT2D eigenvalue weighted by atomic mass is 10.0. The Bertz CT molecular complexity index is 332. The molecule has 1 aliphatic heterocycles. The molecule has 0 saturated carbocycles. The maximum Gasteiger partial charge on any atom is 0.148 e. The number of rotatable bonds is 0. The van der Waals surface area contributed by atoms with Gasteiger partial charge in [-0.1, -0.05) is 23.8 Å². The predicted molar refractivity (Wildman–Crippen MR) is 49.6 cm³/mol. The Kier molecular flexibility index (Phi) is 1.81. The van der Waals surface area contributed by atoms with Gasteiger partial charge in [0.05, 0.1) is 5.03 Å². The normalized spacial score (nSPS) is 21.2. The van der Waals surface area contributed by atoms with Crippen LogP contribution in [0.5, 0.6) is 0 Å². The Balaban J connectivity index is 2.44. The average molecular weight is 181 g/mol. The van der Waals surface area contributed by atoms with Gasteiger partial charge in [0.25, 0.3) is 0 Å². The molecule has 1 heterocycles. The molecule has 0 radical (unpaired) electrons. The quantitative estimate of drug-likeness (QED) is 0.556. The van der Waals surface area contributed by atoms with Crippen molar-refractivity contribution in [3.63, 3.8) is 0 Å². The van der Waals surface area contributed by atoms with Crippen LogP contribution in [0.3, 0.4) is 0 Å². The van der Waals surface area contributed by atoms with Crippen molar-refractivity contribution in [2.45, 2.75) is 13.3 Å². The monoisotopic (exact) mass is 180 g/mol. The first-order valence-electron chi connectivity index (χ1n) is 3.89. The molecule has 0 bridgehead atoms. The smallest absolute Gasteiger partial charge is 0.148 e. The first-order valence-corrected chi connectivity index (χ1v) is 4.27. The van der Waals surface area contributed by atoms with E-state index in [-0.39, 0.29) is 0 Å². The van der Waals surface area contributed by atoms with Crippen molar-refractivity contribution in [2.24, 2.45) is 0 Å². The Morgan fingerprint density at radius 3 is 3.08 bits per heavy atom. The Labute approximate surface area is 76.7 Å². The van der Waals surface area contributed by atoms with Crippen LogP contribution >= 0.6 is 11.6 Å². The van der Waals surface area contributed by atoms with Crippen molar-refractivity contribution in [1.82, 2.24) is 0 Å². The summed E-state index contributed by atoms with van der Waals surface area (Å²) < 4.78 is 5.49. The van der Waals surface area contributed by atoms with Gasteiger partial charge in [0.2, 0.25) is 0 Å². The fraction of sp³-hybridized carbons (Fsp3) is 0.200.